The summed E-state index contributed by atoms with van der Waals surface area (Å²) in [6.45, 7) is 1.55. The number of hydrogen-bond donors (Lipinski definition) is 1. The number of carbonyl (C=O) groups excluding carboxylic acids is 2. The number of benzene rings is 2. The van der Waals surface area contributed by atoms with Crippen LogP contribution in [-0.2, 0) is 11.3 Å². The Morgan fingerprint density at radius 1 is 1.07 bits per heavy atom. The molecule has 0 fully saturated rings. The van der Waals surface area contributed by atoms with Gasteiger partial charge in [-0.25, -0.2) is 8.78 Å². The van der Waals surface area contributed by atoms with E-state index in [-0.39, 0.29) is 18.1 Å². The Hall–Kier alpha value is -3.06. The zero-order chi connectivity index (χ0) is 19.4. The molecular weight excluding hydrogens is 370 g/mol. The maximum atomic E-state index is 14.3. The highest BCUT2D eigenvalue weighted by Crippen LogP contribution is 2.26. The normalized spacial score (nSPS) is 10.5. The predicted molar refractivity (Wildman–Crippen MR) is 102 cm³/mol. The summed E-state index contributed by atoms with van der Waals surface area (Å²) in [7, 11) is 0. The van der Waals surface area contributed by atoms with E-state index in [0.717, 1.165) is 17.0 Å². The standard InChI is InChI=1S/C20H16F2N2O2S/c1-13(25)23-16-7-4-14(5-8-16)20(26)24(12-17-3-2-10-27-17)19-9-6-15(21)11-18(19)22/h2-11H,12H2,1H3,(H,23,25). The first-order valence-corrected chi connectivity index (χ1v) is 8.99. The molecule has 1 N–H and O–H groups in total. The van der Waals surface area contributed by atoms with Gasteiger partial charge in [0.15, 0.2) is 0 Å². The van der Waals surface area contributed by atoms with Crippen LogP contribution in [-0.4, -0.2) is 11.8 Å². The van der Waals surface area contributed by atoms with Crippen LogP contribution in [0.2, 0.25) is 0 Å². The average Bonchev–Trinajstić information content (AvgIpc) is 3.13. The summed E-state index contributed by atoms with van der Waals surface area (Å²) >= 11 is 1.44. The second-order valence-corrected chi connectivity index (χ2v) is 6.86. The number of nitrogens with zero attached hydrogens (tertiary/aromatic N) is 1. The molecule has 0 atom stereocenters. The first kappa shape index (κ1) is 18.7. The summed E-state index contributed by atoms with van der Waals surface area (Å²) in [6.07, 6.45) is 0. The molecule has 0 aliphatic carbocycles. The Morgan fingerprint density at radius 2 is 1.81 bits per heavy atom. The third kappa shape index (κ3) is 4.57. The highest BCUT2D eigenvalue weighted by atomic mass is 32.1. The van der Waals surface area contributed by atoms with E-state index in [1.54, 1.807) is 24.3 Å². The van der Waals surface area contributed by atoms with Crippen molar-refractivity contribution < 1.29 is 18.4 Å². The molecule has 2 aromatic carbocycles. The quantitative estimate of drug-likeness (QED) is 0.683. The summed E-state index contributed by atoms with van der Waals surface area (Å²) in [4.78, 5) is 26.3. The van der Waals surface area contributed by atoms with Crippen LogP contribution in [0.4, 0.5) is 20.2 Å². The molecule has 1 aromatic heterocycles. The summed E-state index contributed by atoms with van der Waals surface area (Å²) in [5, 5.41) is 4.48. The van der Waals surface area contributed by atoms with E-state index in [2.05, 4.69) is 5.32 Å². The van der Waals surface area contributed by atoms with E-state index in [1.165, 1.54) is 29.2 Å². The van der Waals surface area contributed by atoms with Gasteiger partial charge in [0, 0.05) is 29.1 Å². The Morgan fingerprint density at radius 3 is 2.41 bits per heavy atom. The van der Waals surface area contributed by atoms with Gasteiger partial charge in [-0.05, 0) is 47.8 Å². The van der Waals surface area contributed by atoms with E-state index in [1.807, 2.05) is 17.5 Å². The van der Waals surface area contributed by atoms with Gasteiger partial charge in [-0.2, -0.15) is 0 Å². The minimum Gasteiger partial charge on any atom is -0.326 e. The predicted octanol–water partition coefficient (Wildman–Crippen LogP) is 4.83. The van der Waals surface area contributed by atoms with Crippen molar-refractivity contribution in [2.45, 2.75) is 13.5 Å². The molecule has 3 aromatic rings. The van der Waals surface area contributed by atoms with E-state index in [4.69, 9.17) is 0 Å². The highest BCUT2D eigenvalue weighted by Gasteiger charge is 2.22. The van der Waals surface area contributed by atoms with Crippen molar-refractivity contribution in [2.75, 3.05) is 10.2 Å². The van der Waals surface area contributed by atoms with Gasteiger partial charge < -0.3 is 10.2 Å². The van der Waals surface area contributed by atoms with Crippen molar-refractivity contribution in [3.8, 4) is 0 Å². The number of anilines is 2. The largest absolute Gasteiger partial charge is 0.326 e. The molecule has 2 amide bonds. The number of halogens is 2. The Labute approximate surface area is 159 Å². The highest BCUT2D eigenvalue weighted by molar-refractivity contribution is 7.09. The van der Waals surface area contributed by atoms with Crippen molar-refractivity contribution >= 4 is 34.5 Å². The van der Waals surface area contributed by atoms with Crippen molar-refractivity contribution in [1.29, 1.82) is 0 Å². The van der Waals surface area contributed by atoms with Gasteiger partial charge in [0.05, 0.1) is 12.2 Å². The molecule has 0 spiro atoms. The number of hydrogen-bond acceptors (Lipinski definition) is 3. The average molecular weight is 386 g/mol. The Bertz CT molecular complexity index is 957. The van der Waals surface area contributed by atoms with E-state index < -0.39 is 17.5 Å². The molecule has 0 radical (unpaired) electrons. The summed E-state index contributed by atoms with van der Waals surface area (Å²) in [5.41, 5.74) is 0.877. The smallest absolute Gasteiger partial charge is 0.258 e. The monoisotopic (exact) mass is 386 g/mol. The molecule has 0 unspecified atom stereocenters. The van der Waals surface area contributed by atoms with Crippen molar-refractivity contribution in [3.05, 3.63) is 82.1 Å². The SMILES string of the molecule is CC(=O)Nc1ccc(C(=O)N(Cc2cccs2)c2ccc(F)cc2F)cc1. The van der Waals surface area contributed by atoms with Crippen LogP contribution in [0.3, 0.4) is 0 Å². The van der Waals surface area contributed by atoms with Gasteiger partial charge in [0.1, 0.15) is 11.6 Å². The van der Waals surface area contributed by atoms with Gasteiger partial charge in [0.2, 0.25) is 5.91 Å². The van der Waals surface area contributed by atoms with Crippen molar-refractivity contribution in [1.82, 2.24) is 0 Å². The van der Waals surface area contributed by atoms with Crippen molar-refractivity contribution in [2.24, 2.45) is 0 Å². The number of amides is 2. The van der Waals surface area contributed by atoms with Crippen molar-refractivity contribution in [3.63, 3.8) is 0 Å². The summed E-state index contributed by atoms with van der Waals surface area (Å²) in [6, 6.07) is 13.1. The molecule has 0 aliphatic heterocycles. The lowest BCUT2D eigenvalue weighted by atomic mass is 10.1. The van der Waals surface area contributed by atoms with Gasteiger partial charge in [0.25, 0.3) is 5.91 Å². The molecule has 0 saturated heterocycles. The molecule has 3 rings (SSSR count). The van der Waals surface area contributed by atoms with Crippen LogP contribution in [0.15, 0.2) is 60.0 Å². The molecule has 0 saturated carbocycles. The fourth-order valence-corrected chi connectivity index (χ4v) is 3.27. The van der Waals surface area contributed by atoms with Crippen LogP contribution in [0.1, 0.15) is 22.2 Å². The minimum atomic E-state index is -0.810. The molecular formula is C20H16F2N2O2S. The van der Waals surface area contributed by atoms with Crippen LogP contribution in [0.25, 0.3) is 0 Å². The fourth-order valence-electron chi connectivity index (χ4n) is 2.58. The number of carbonyl (C=O) groups is 2. The molecule has 138 valence electrons. The lowest BCUT2D eigenvalue weighted by Crippen LogP contribution is -2.31. The second kappa shape index (κ2) is 8.09. The molecule has 0 aliphatic rings. The Balaban J connectivity index is 1.94. The minimum absolute atomic E-state index is 0.000683. The van der Waals surface area contributed by atoms with Gasteiger partial charge in [-0.15, -0.1) is 11.3 Å². The zero-order valence-corrected chi connectivity index (χ0v) is 15.2. The summed E-state index contributed by atoms with van der Waals surface area (Å²) in [5.74, 6) is -2.17. The van der Waals surface area contributed by atoms with Crippen LogP contribution in [0, 0.1) is 11.6 Å². The third-order valence-corrected chi connectivity index (χ3v) is 4.65. The summed E-state index contributed by atoms with van der Waals surface area (Å²) < 4.78 is 27.6. The Kier molecular flexibility index (Phi) is 5.61. The lowest BCUT2D eigenvalue weighted by molar-refractivity contribution is -0.114. The van der Waals surface area contributed by atoms with Crippen LogP contribution < -0.4 is 10.2 Å². The van der Waals surface area contributed by atoms with E-state index in [0.29, 0.717) is 11.3 Å². The van der Waals surface area contributed by atoms with Crippen LogP contribution in [0.5, 0.6) is 0 Å². The zero-order valence-electron chi connectivity index (χ0n) is 14.4. The molecule has 7 heteroatoms. The van der Waals surface area contributed by atoms with Gasteiger partial charge in [-0.3, -0.25) is 9.59 Å². The van der Waals surface area contributed by atoms with Crippen LogP contribution >= 0.6 is 11.3 Å². The molecule has 0 bridgehead atoms. The first-order valence-electron chi connectivity index (χ1n) is 8.11. The van der Waals surface area contributed by atoms with E-state index >= 15 is 0 Å². The molecule has 27 heavy (non-hydrogen) atoms. The van der Waals surface area contributed by atoms with E-state index in [9.17, 15) is 18.4 Å². The number of nitrogens with one attached hydrogen (secondary N) is 1. The molecule has 4 nitrogen and oxygen atoms in total. The first-order chi connectivity index (χ1) is 12.9. The lowest BCUT2D eigenvalue weighted by Gasteiger charge is -2.23. The van der Waals surface area contributed by atoms with Gasteiger partial charge in [-0.1, -0.05) is 6.07 Å². The number of rotatable bonds is 5. The molecule has 1 heterocycles. The maximum Gasteiger partial charge on any atom is 0.258 e. The number of thiophene rings is 1. The fraction of sp³-hybridized carbons (Fsp3) is 0.100. The maximum absolute atomic E-state index is 14.3. The van der Waals surface area contributed by atoms with Gasteiger partial charge >= 0.3 is 0 Å². The second-order valence-electron chi connectivity index (χ2n) is 5.82. The third-order valence-electron chi connectivity index (χ3n) is 3.79. The topological polar surface area (TPSA) is 49.4 Å².